The van der Waals surface area contributed by atoms with Gasteiger partial charge in [0.1, 0.15) is 28.9 Å². The topological polar surface area (TPSA) is 150 Å². The molecule has 0 saturated heterocycles. The van der Waals surface area contributed by atoms with Gasteiger partial charge in [-0.3, -0.25) is 15.6 Å². The number of benzene rings is 3. The third-order valence-corrected chi connectivity index (χ3v) is 5.14. The Balaban J connectivity index is 0.00000181. The van der Waals surface area contributed by atoms with Gasteiger partial charge in [0.25, 0.3) is 0 Å². The molecule has 0 saturated carbocycles. The van der Waals surface area contributed by atoms with Gasteiger partial charge in [-0.2, -0.15) is 0 Å². The van der Waals surface area contributed by atoms with Crippen LogP contribution in [0.1, 0.15) is 28.4 Å². The summed E-state index contributed by atoms with van der Waals surface area (Å²) >= 11 is 0. The van der Waals surface area contributed by atoms with Crippen molar-refractivity contribution >= 4 is 64.2 Å². The normalized spacial score (nSPS) is 11.4. The van der Waals surface area contributed by atoms with Gasteiger partial charge >= 0.3 is 5.97 Å². The van der Waals surface area contributed by atoms with E-state index in [1.807, 2.05) is 30.3 Å². The SMILES string of the molecule is Cl.Cl.N=C(N)c1ccc2ccc(CC(C(=O)O)c3cc4cc(C(=N)N)ccc4o3)cc2c1. The summed E-state index contributed by atoms with van der Waals surface area (Å²) in [4.78, 5) is 12.0. The van der Waals surface area contributed by atoms with Crippen molar-refractivity contribution in [2.75, 3.05) is 0 Å². The maximum absolute atomic E-state index is 12.0. The lowest BCUT2D eigenvalue weighted by Crippen LogP contribution is -2.13. The quantitative estimate of drug-likeness (QED) is 0.208. The van der Waals surface area contributed by atoms with Gasteiger partial charge in [-0.25, -0.2) is 0 Å². The number of furan rings is 1. The maximum Gasteiger partial charge on any atom is 0.314 e. The lowest BCUT2D eigenvalue weighted by Gasteiger charge is -2.11. The van der Waals surface area contributed by atoms with E-state index in [0.717, 1.165) is 16.3 Å². The van der Waals surface area contributed by atoms with E-state index in [4.69, 9.17) is 26.7 Å². The molecular formula is C23H22Cl2N4O3. The van der Waals surface area contributed by atoms with Gasteiger partial charge in [0, 0.05) is 16.5 Å². The number of fused-ring (bicyclic) bond motifs is 2. The minimum Gasteiger partial charge on any atom is -0.481 e. The van der Waals surface area contributed by atoms with Crippen LogP contribution in [-0.4, -0.2) is 22.7 Å². The van der Waals surface area contributed by atoms with Gasteiger partial charge in [0.05, 0.1) is 0 Å². The Hall–Kier alpha value is -3.55. The predicted molar refractivity (Wildman–Crippen MR) is 131 cm³/mol. The average molecular weight is 473 g/mol. The number of hydrogen-bond acceptors (Lipinski definition) is 4. The van der Waals surface area contributed by atoms with Crippen LogP contribution in [0.15, 0.2) is 65.1 Å². The van der Waals surface area contributed by atoms with Crippen LogP contribution in [0.5, 0.6) is 0 Å². The second kappa shape index (κ2) is 9.72. The zero-order valence-corrected chi connectivity index (χ0v) is 18.4. The first-order valence-corrected chi connectivity index (χ1v) is 9.29. The molecule has 0 amide bonds. The molecule has 0 fully saturated rings. The van der Waals surface area contributed by atoms with Gasteiger partial charge in [-0.1, -0.05) is 30.3 Å². The number of carboxylic acid groups (broad SMARTS) is 1. The van der Waals surface area contributed by atoms with Crippen molar-refractivity contribution in [3.63, 3.8) is 0 Å². The standard InChI is InChI=1S/C23H20N4O3.2ClH/c24-21(25)14-4-3-13-2-1-12(7-16(13)9-14)8-18(23(28)29)20-11-17-10-15(22(26)27)5-6-19(17)30-20;;/h1-7,9-11,18H,8H2,(H3,24,25)(H3,26,27)(H,28,29);2*1H. The summed E-state index contributed by atoms with van der Waals surface area (Å²) in [5.41, 5.74) is 13.7. The highest BCUT2D eigenvalue weighted by Gasteiger charge is 2.25. The monoisotopic (exact) mass is 472 g/mol. The molecule has 4 rings (SSSR count). The van der Waals surface area contributed by atoms with E-state index in [-0.39, 0.29) is 42.9 Å². The van der Waals surface area contributed by atoms with E-state index in [2.05, 4.69) is 0 Å². The summed E-state index contributed by atoms with van der Waals surface area (Å²) in [5.74, 6) is -1.59. The minimum absolute atomic E-state index is 0. The Kier molecular flexibility index (Phi) is 7.51. The van der Waals surface area contributed by atoms with Gasteiger partial charge < -0.3 is 21.0 Å². The van der Waals surface area contributed by atoms with E-state index >= 15 is 0 Å². The van der Waals surface area contributed by atoms with Crippen molar-refractivity contribution in [2.24, 2.45) is 11.5 Å². The van der Waals surface area contributed by atoms with Gasteiger partial charge in [0.15, 0.2) is 0 Å². The Morgan fingerprint density at radius 1 is 0.844 bits per heavy atom. The second-order valence-corrected chi connectivity index (χ2v) is 7.22. The number of nitrogens with two attached hydrogens (primary N) is 2. The number of hydrogen-bond donors (Lipinski definition) is 5. The molecule has 4 aromatic rings. The number of carboxylic acids is 1. The summed E-state index contributed by atoms with van der Waals surface area (Å²) in [6.45, 7) is 0. The lowest BCUT2D eigenvalue weighted by molar-refractivity contribution is -0.139. The van der Waals surface area contributed by atoms with Crippen molar-refractivity contribution < 1.29 is 14.3 Å². The van der Waals surface area contributed by atoms with Gasteiger partial charge in [0.2, 0.25) is 0 Å². The highest BCUT2D eigenvalue weighted by atomic mass is 35.5. The summed E-state index contributed by atoms with van der Waals surface area (Å²) in [6.07, 6.45) is 0.245. The Labute approximate surface area is 196 Å². The van der Waals surface area contributed by atoms with E-state index in [1.165, 1.54) is 0 Å². The van der Waals surface area contributed by atoms with E-state index < -0.39 is 11.9 Å². The molecule has 1 unspecified atom stereocenters. The largest absolute Gasteiger partial charge is 0.481 e. The zero-order valence-electron chi connectivity index (χ0n) is 16.8. The number of halogens is 2. The van der Waals surface area contributed by atoms with Crippen LogP contribution < -0.4 is 11.5 Å². The number of rotatable bonds is 6. The van der Waals surface area contributed by atoms with E-state index in [0.29, 0.717) is 27.9 Å². The minimum atomic E-state index is -0.988. The molecule has 9 heteroatoms. The molecule has 0 aliphatic heterocycles. The highest BCUT2D eigenvalue weighted by Crippen LogP contribution is 2.30. The third-order valence-electron chi connectivity index (χ3n) is 5.14. The molecule has 1 atom stereocenters. The third kappa shape index (κ3) is 4.85. The molecule has 7 nitrogen and oxygen atoms in total. The van der Waals surface area contributed by atoms with E-state index in [9.17, 15) is 9.90 Å². The summed E-state index contributed by atoms with van der Waals surface area (Å²) in [6, 6.07) is 18.0. The first kappa shape index (κ1) is 24.7. The lowest BCUT2D eigenvalue weighted by atomic mass is 9.94. The summed E-state index contributed by atoms with van der Waals surface area (Å²) in [5, 5.41) is 27.6. The Morgan fingerprint density at radius 3 is 2.06 bits per heavy atom. The first-order valence-electron chi connectivity index (χ1n) is 9.29. The molecule has 0 aliphatic carbocycles. The molecule has 3 aromatic carbocycles. The first-order chi connectivity index (χ1) is 14.3. The van der Waals surface area contributed by atoms with Crippen molar-refractivity contribution in [3.8, 4) is 0 Å². The fourth-order valence-electron chi connectivity index (χ4n) is 3.54. The number of nitrogens with one attached hydrogen (secondary N) is 2. The van der Waals surface area contributed by atoms with Crippen molar-refractivity contribution in [3.05, 3.63) is 83.1 Å². The Bertz CT molecular complexity index is 1330. The van der Waals surface area contributed by atoms with Crippen LogP contribution in [-0.2, 0) is 11.2 Å². The smallest absolute Gasteiger partial charge is 0.314 e. The number of amidine groups is 2. The molecule has 7 N–H and O–H groups in total. The zero-order chi connectivity index (χ0) is 21.4. The molecule has 0 aliphatic rings. The van der Waals surface area contributed by atoms with Crippen LogP contribution >= 0.6 is 24.8 Å². The number of aliphatic carboxylic acids is 1. The fraction of sp³-hybridized carbons (Fsp3) is 0.0870. The second-order valence-electron chi connectivity index (χ2n) is 7.22. The molecule has 32 heavy (non-hydrogen) atoms. The van der Waals surface area contributed by atoms with Crippen LogP contribution in [0.2, 0.25) is 0 Å². The summed E-state index contributed by atoms with van der Waals surface area (Å²) in [7, 11) is 0. The highest BCUT2D eigenvalue weighted by molar-refractivity contribution is 5.99. The molecular weight excluding hydrogens is 451 g/mol. The van der Waals surface area contributed by atoms with Crippen LogP contribution in [0.3, 0.4) is 0 Å². The average Bonchev–Trinajstić information content (AvgIpc) is 3.13. The molecule has 0 bridgehead atoms. The number of carbonyl (C=O) groups is 1. The van der Waals surface area contributed by atoms with Crippen LogP contribution in [0, 0.1) is 10.8 Å². The Morgan fingerprint density at radius 2 is 1.44 bits per heavy atom. The molecule has 1 heterocycles. The maximum atomic E-state index is 12.0. The van der Waals surface area contributed by atoms with Crippen molar-refractivity contribution in [1.82, 2.24) is 0 Å². The predicted octanol–water partition coefficient (Wildman–Crippen LogP) is 4.41. The van der Waals surface area contributed by atoms with Gasteiger partial charge in [-0.05, 0) is 53.1 Å². The fourth-order valence-corrected chi connectivity index (χ4v) is 3.54. The van der Waals surface area contributed by atoms with Crippen molar-refractivity contribution in [1.29, 1.82) is 10.8 Å². The molecule has 166 valence electrons. The summed E-state index contributed by atoms with van der Waals surface area (Å²) < 4.78 is 5.80. The van der Waals surface area contributed by atoms with Gasteiger partial charge in [-0.15, -0.1) is 24.8 Å². The van der Waals surface area contributed by atoms with Crippen LogP contribution in [0.25, 0.3) is 21.7 Å². The molecule has 0 spiro atoms. The van der Waals surface area contributed by atoms with Crippen molar-refractivity contribution in [2.45, 2.75) is 12.3 Å². The molecule has 1 aromatic heterocycles. The number of nitrogen functional groups attached to an aromatic ring is 2. The van der Waals surface area contributed by atoms with E-state index in [1.54, 1.807) is 30.3 Å². The van der Waals surface area contributed by atoms with Crippen LogP contribution in [0.4, 0.5) is 0 Å². The molecule has 0 radical (unpaired) electrons.